The average molecular weight is 379 g/mol. The van der Waals surface area contributed by atoms with Gasteiger partial charge in [0.15, 0.2) is 0 Å². The SMILES string of the molecule is CCOc1cc(C(=O)Nc2ccc(F)c(Cl)c2)nc2ccc(Cl)cc12. The molecule has 0 saturated carbocycles. The number of benzene rings is 2. The van der Waals surface area contributed by atoms with E-state index in [-0.39, 0.29) is 10.7 Å². The van der Waals surface area contributed by atoms with Crippen molar-refractivity contribution in [1.29, 1.82) is 0 Å². The lowest BCUT2D eigenvalue weighted by molar-refractivity contribution is 0.102. The minimum atomic E-state index is -0.556. The van der Waals surface area contributed by atoms with E-state index in [2.05, 4.69) is 10.3 Å². The number of fused-ring (bicyclic) bond motifs is 1. The van der Waals surface area contributed by atoms with Crippen molar-refractivity contribution >= 4 is 45.7 Å². The highest BCUT2D eigenvalue weighted by atomic mass is 35.5. The first-order valence-corrected chi connectivity index (χ1v) is 8.23. The molecule has 4 nitrogen and oxygen atoms in total. The molecule has 0 aliphatic rings. The maximum absolute atomic E-state index is 13.2. The number of amides is 1. The molecule has 0 radical (unpaired) electrons. The van der Waals surface area contributed by atoms with Crippen molar-refractivity contribution < 1.29 is 13.9 Å². The number of hydrogen-bond acceptors (Lipinski definition) is 3. The van der Waals surface area contributed by atoms with Crippen molar-refractivity contribution in [3.63, 3.8) is 0 Å². The lowest BCUT2D eigenvalue weighted by atomic mass is 10.1. The molecular weight excluding hydrogens is 366 g/mol. The molecule has 0 saturated heterocycles. The molecule has 1 heterocycles. The lowest BCUT2D eigenvalue weighted by Crippen LogP contribution is -2.14. The molecule has 0 aliphatic carbocycles. The number of nitrogens with one attached hydrogen (secondary N) is 1. The third-order valence-corrected chi connectivity index (χ3v) is 3.97. The topological polar surface area (TPSA) is 51.2 Å². The van der Waals surface area contributed by atoms with Gasteiger partial charge in [-0.15, -0.1) is 0 Å². The molecule has 128 valence electrons. The van der Waals surface area contributed by atoms with Crippen LogP contribution in [0.15, 0.2) is 42.5 Å². The predicted octanol–water partition coefficient (Wildman–Crippen LogP) is 5.33. The molecule has 0 spiro atoms. The normalized spacial score (nSPS) is 10.7. The molecule has 2 aromatic carbocycles. The number of halogens is 3. The largest absolute Gasteiger partial charge is 0.493 e. The van der Waals surface area contributed by atoms with Gasteiger partial charge in [-0.1, -0.05) is 23.2 Å². The Bertz CT molecular complexity index is 963. The summed E-state index contributed by atoms with van der Waals surface area (Å²) in [4.78, 5) is 16.8. The van der Waals surface area contributed by atoms with Crippen molar-refractivity contribution in [1.82, 2.24) is 4.98 Å². The molecule has 1 amide bonds. The monoisotopic (exact) mass is 378 g/mol. The van der Waals surface area contributed by atoms with Crippen LogP contribution in [0.5, 0.6) is 5.75 Å². The van der Waals surface area contributed by atoms with Crippen molar-refractivity contribution in [2.24, 2.45) is 0 Å². The van der Waals surface area contributed by atoms with E-state index in [1.807, 2.05) is 6.92 Å². The van der Waals surface area contributed by atoms with Gasteiger partial charge in [0.1, 0.15) is 17.3 Å². The first-order valence-electron chi connectivity index (χ1n) is 7.47. The second kappa shape index (κ2) is 7.25. The Labute approximate surface area is 153 Å². The predicted molar refractivity (Wildman–Crippen MR) is 97.3 cm³/mol. The van der Waals surface area contributed by atoms with E-state index in [1.54, 1.807) is 24.3 Å². The molecule has 0 fully saturated rings. The van der Waals surface area contributed by atoms with Gasteiger partial charge in [0.05, 0.1) is 17.1 Å². The van der Waals surface area contributed by atoms with Gasteiger partial charge in [-0.25, -0.2) is 9.37 Å². The van der Waals surface area contributed by atoms with Gasteiger partial charge in [-0.3, -0.25) is 4.79 Å². The number of anilines is 1. The fraction of sp³-hybridized carbons (Fsp3) is 0.111. The van der Waals surface area contributed by atoms with Crippen molar-refractivity contribution in [3.05, 3.63) is 64.0 Å². The van der Waals surface area contributed by atoms with Crippen molar-refractivity contribution in [3.8, 4) is 5.75 Å². The zero-order valence-electron chi connectivity index (χ0n) is 13.1. The van der Waals surface area contributed by atoms with E-state index >= 15 is 0 Å². The van der Waals surface area contributed by atoms with Gasteiger partial charge in [-0.05, 0) is 43.3 Å². The molecule has 1 aromatic heterocycles. The highest BCUT2D eigenvalue weighted by Gasteiger charge is 2.14. The zero-order valence-corrected chi connectivity index (χ0v) is 14.7. The number of aromatic nitrogens is 1. The van der Waals surface area contributed by atoms with E-state index < -0.39 is 11.7 Å². The third kappa shape index (κ3) is 3.83. The Balaban J connectivity index is 1.98. The Hall–Kier alpha value is -2.37. The Morgan fingerprint density at radius 2 is 2.00 bits per heavy atom. The highest BCUT2D eigenvalue weighted by Crippen LogP contribution is 2.29. The van der Waals surface area contributed by atoms with Crippen LogP contribution in [0, 0.1) is 5.82 Å². The Morgan fingerprint density at radius 1 is 1.20 bits per heavy atom. The zero-order chi connectivity index (χ0) is 18.0. The molecule has 0 atom stereocenters. The van der Waals surface area contributed by atoms with Crippen LogP contribution in [-0.2, 0) is 0 Å². The summed E-state index contributed by atoms with van der Waals surface area (Å²) in [5.41, 5.74) is 1.11. The highest BCUT2D eigenvalue weighted by molar-refractivity contribution is 6.31. The number of carbonyl (C=O) groups excluding carboxylic acids is 1. The van der Waals surface area contributed by atoms with E-state index in [1.165, 1.54) is 18.2 Å². The number of pyridine rings is 1. The molecule has 3 rings (SSSR count). The number of rotatable bonds is 4. The van der Waals surface area contributed by atoms with Crippen LogP contribution in [0.3, 0.4) is 0 Å². The summed E-state index contributed by atoms with van der Waals surface area (Å²) in [6.45, 7) is 2.28. The summed E-state index contributed by atoms with van der Waals surface area (Å²) >= 11 is 11.8. The fourth-order valence-corrected chi connectivity index (χ4v) is 2.68. The van der Waals surface area contributed by atoms with Crippen LogP contribution in [0.25, 0.3) is 10.9 Å². The summed E-state index contributed by atoms with van der Waals surface area (Å²) in [6.07, 6.45) is 0. The van der Waals surface area contributed by atoms with Gasteiger partial charge < -0.3 is 10.1 Å². The van der Waals surface area contributed by atoms with Crippen molar-refractivity contribution in [2.75, 3.05) is 11.9 Å². The van der Waals surface area contributed by atoms with Gasteiger partial charge in [0.25, 0.3) is 5.91 Å². The molecule has 1 N–H and O–H groups in total. The summed E-state index contributed by atoms with van der Waals surface area (Å²) < 4.78 is 18.8. The van der Waals surface area contributed by atoms with Crippen LogP contribution in [0.4, 0.5) is 10.1 Å². The lowest BCUT2D eigenvalue weighted by Gasteiger charge is -2.11. The van der Waals surface area contributed by atoms with E-state index in [0.29, 0.717) is 28.6 Å². The smallest absolute Gasteiger partial charge is 0.274 e. The summed E-state index contributed by atoms with van der Waals surface area (Å²) in [5.74, 6) is -0.503. The molecule has 0 aliphatic heterocycles. The maximum atomic E-state index is 13.2. The summed E-state index contributed by atoms with van der Waals surface area (Å²) in [7, 11) is 0. The van der Waals surface area contributed by atoms with E-state index in [9.17, 15) is 9.18 Å². The molecule has 25 heavy (non-hydrogen) atoms. The molecule has 0 bridgehead atoms. The molecule has 0 unspecified atom stereocenters. The first kappa shape index (κ1) is 17.5. The third-order valence-electron chi connectivity index (χ3n) is 3.44. The number of hydrogen-bond donors (Lipinski definition) is 1. The van der Waals surface area contributed by atoms with E-state index in [0.717, 1.165) is 5.39 Å². The van der Waals surface area contributed by atoms with Gasteiger partial charge in [0.2, 0.25) is 0 Å². The van der Waals surface area contributed by atoms with Gasteiger partial charge in [-0.2, -0.15) is 0 Å². The second-order valence-electron chi connectivity index (χ2n) is 5.18. The second-order valence-corrected chi connectivity index (χ2v) is 6.03. The van der Waals surface area contributed by atoms with Crippen LogP contribution in [-0.4, -0.2) is 17.5 Å². The first-order chi connectivity index (χ1) is 12.0. The van der Waals surface area contributed by atoms with Gasteiger partial charge >= 0.3 is 0 Å². The van der Waals surface area contributed by atoms with Crippen LogP contribution in [0.2, 0.25) is 10.0 Å². The van der Waals surface area contributed by atoms with Crippen LogP contribution < -0.4 is 10.1 Å². The van der Waals surface area contributed by atoms with E-state index in [4.69, 9.17) is 27.9 Å². The van der Waals surface area contributed by atoms with Crippen molar-refractivity contribution in [2.45, 2.75) is 6.92 Å². The quantitative estimate of drug-likeness (QED) is 0.667. The Morgan fingerprint density at radius 3 is 2.72 bits per heavy atom. The minimum absolute atomic E-state index is 0.0751. The fourth-order valence-electron chi connectivity index (χ4n) is 2.33. The molecule has 7 heteroatoms. The summed E-state index contributed by atoms with van der Waals surface area (Å²) in [5, 5.41) is 3.83. The molecular formula is C18H13Cl2FN2O2. The average Bonchev–Trinajstić information content (AvgIpc) is 2.58. The summed E-state index contributed by atoms with van der Waals surface area (Å²) in [6, 6.07) is 10.6. The maximum Gasteiger partial charge on any atom is 0.274 e. The van der Waals surface area contributed by atoms with Crippen LogP contribution in [0.1, 0.15) is 17.4 Å². The standard InChI is InChI=1S/C18H13Cl2FN2O2/c1-2-25-17-9-16(23-15-6-3-10(19)7-12(15)17)18(24)22-11-4-5-14(21)13(20)8-11/h3-9H,2H2,1H3,(H,22,24). The number of carbonyl (C=O) groups is 1. The Kier molecular flexibility index (Phi) is 5.06. The minimum Gasteiger partial charge on any atom is -0.493 e. The number of nitrogens with zero attached hydrogens (tertiary/aromatic N) is 1. The van der Waals surface area contributed by atoms with Gasteiger partial charge in [0, 0.05) is 22.2 Å². The molecule has 3 aromatic rings. The number of ether oxygens (including phenoxy) is 1. The van der Waals surface area contributed by atoms with Crippen LogP contribution >= 0.6 is 23.2 Å².